The number of rotatable bonds is 6. The summed E-state index contributed by atoms with van der Waals surface area (Å²) in [6, 6.07) is 13.2. The summed E-state index contributed by atoms with van der Waals surface area (Å²) in [4.78, 5) is 26.6. The molecule has 1 heterocycles. The quantitative estimate of drug-likeness (QED) is 0.757. The summed E-state index contributed by atoms with van der Waals surface area (Å²) in [6.07, 6.45) is 0.706. The summed E-state index contributed by atoms with van der Waals surface area (Å²) < 4.78 is 5.93. The van der Waals surface area contributed by atoms with E-state index in [0.717, 1.165) is 11.1 Å². The van der Waals surface area contributed by atoms with Crippen LogP contribution in [0, 0.1) is 0 Å². The lowest BCUT2D eigenvalue weighted by Crippen LogP contribution is -2.55. The first-order valence-corrected chi connectivity index (χ1v) is 9.91. The van der Waals surface area contributed by atoms with Gasteiger partial charge in [-0.1, -0.05) is 60.8 Å². The summed E-state index contributed by atoms with van der Waals surface area (Å²) in [5, 5.41) is 1.15. The van der Waals surface area contributed by atoms with Crippen LogP contribution in [0.1, 0.15) is 43.0 Å². The van der Waals surface area contributed by atoms with Crippen LogP contribution in [-0.2, 0) is 14.3 Å². The number of ether oxygens (including phenoxy) is 1. The van der Waals surface area contributed by atoms with Crippen molar-refractivity contribution in [2.75, 3.05) is 6.61 Å². The first kappa shape index (κ1) is 20.6. The van der Waals surface area contributed by atoms with E-state index in [2.05, 4.69) is 0 Å². The number of nitrogens with zero attached hydrogens (tertiary/aromatic N) is 1. The van der Waals surface area contributed by atoms with Gasteiger partial charge in [-0.05, 0) is 41.8 Å². The van der Waals surface area contributed by atoms with Crippen LogP contribution >= 0.6 is 23.2 Å². The monoisotopic (exact) mass is 420 g/mol. The van der Waals surface area contributed by atoms with Crippen LogP contribution in [0.25, 0.3) is 0 Å². The molecule has 3 rings (SSSR count). The van der Waals surface area contributed by atoms with Crippen LogP contribution in [0.15, 0.2) is 48.5 Å². The Morgan fingerprint density at radius 2 is 1.89 bits per heavy atom. The lowest BCUT2D eigenvalue weighted by molar-refractivity contribution is -0.166. The van der Waals surface area contributed by atoms with Crippen molar-refractivity contribution in [3.8, 4) is 0 Å². The molecule has 3 atom stereocenters. The summed E-state index contributed by atoms with van der Waals surface area (Å²) in [5.74, 6) is -0.795. The minimum absolute atomic E-state index is 0.130. The van der Waals surface area contributed by atoms with Crippen molar-refractivity contribution in [2.45, 2.75) is 38.0 Å². The van der Waals surface area contributed by atoms with Crippen LogP contribution < -0.4 is 5.73 Å². The molecule has 1 aliphatic rings. The molecule has 1 aliphatic heterocycles. The third-order valence-corrected chi connectivity index (χ3v) is 5.36. The van der Waals surface area contributed by atoms with E-state index in [0.29, 0.717) is 22.9 Å². The van der Waals surface area contributed by atoms with Gasteiger partial charge in [0.2, 0.25) is 11.8 Å². The molecule has 148 valence electrons. The van der Waals surface area contributed by atoms with Crippen molar-refractivity contribution in [2.24, 2.45) is 5.73 Å². The predicted octanol–water partition coefficient (Wildman–Crippen LogP) is 4.29. The summed E-state index contributed by atoms with van der Waals surface area (Å²) >= 11 is 12.2. The molecule has 0 saturated carbocycles. The van der Waals surface area contributed by atoms with Gasteiger partial charge < -0.3 is 15.4 Å². The highest BCUT2D eigenvalue weighted by atomic mass is 35.5. The van der Waals surface area contributed by atoms with Crippen molar-refractivity contribution >= 4 is 35.0 Å². The average Bonchev–Trinajstić information content (AvgIpc) is 2.67. The largest absolute Gasteiger partial charge is 0.368 e. The van der Waals surface area contributed by atoms with Crippen LogP contribution in [0.3, 0.4) is 0 Å². The van der Waals surface area contributed by atoms with Crippen LogP contribution in [0.5, 0.6) is 0 Å². The Morgan fingerprint density at radius 3 is 2.50 bits per heavy atom. The fourth-order valence-electron chi connectivity index (χ4n) is 3.64. The molecule has 0 aliphatic carbocycles. The zero-order valence-corrected chi connectivity index (χ0v) is 17.0. The number of hydrogen-bond acceptors (Lipinski definition) is 3. The first-order chi connectivity index (χ1) is 13.4. The first-order valence-electron chi connectivity index (χ1n) is 9.15. The maximum absolute atomic E-state index is 12.9. The second kappa shape index (κ2) is 8.95. The van der Waals surface area contributed by atoms with Gasteiger partial charge in [0.1, 0.15) is 18.8 Å². The highest BCUT2D eigenvalue weighted by molar-refractivity contribution is 6.30. The van der Waals surface area contributed by atoms with Gasteiger partial charge in [-0.25, -0.2) is 0 Å². The summed E-state index contributed by atoms with van der Waals surface area (Å²) in [5.41, 5.74) is 7.31. The molecule has 2 aromatic rings. The van der Waals surface area contributed by atoms with Crippen molar-refractivity contribution in [3.63, 3.8) is 0 Å². The minimum atomic E-state index is -0.719. The fraction of sp³-hybridized carbons (Fsp3) is 0.333. The summed E-state index contributed by atoms with van der Waals surface area (Å²) in [7, 11) is 0. The maximum Gasteiger partial charge on any atom is 0.249 e. The van der Waals surface area contributed by atoms with E-state index >= 15 is 0 Å². The number of carbonyl (C=O) groups excluding carboxylic acids is 2. The van der Waals surface area contributed by atoms with Gasteiger partial charge in [-0.2, -0.15) is 0 Å². The Hall–Kier alpha value is -2.08. The lowest BCUT2D eigenvalue weighted by atomic mass is 9.90. The van der Waals surface area contributed by atoms with Gasteiger partial charge >= 0.3 is 0 Å². The molecule has 5 nitrogen and oxygen atoms in total. The topological polar surface area (TPSA) is 72.6 Å². The van der Waals surface area contributed by atoms with Crippen molar-refractivity contribution in [3.05, 3.63) is 69.7 Å². The SMILES string of the molecule is CCC[C@H](C(N)=O)N1C(=O)CO[C@H](c2cccc(Cl)c2)[C@@H]1c1ccc(Cl)cc1. The standard InChI is InChI=1S/C21H22Cl2N2O3/c1-2-4-17(21(24)27)25-18(26)12-28-20(14-5-3-6-16(23)11-14)19(25)13-7-9-15(22)10-8-13/h3,5-11,17,19-20H,2,4,12H2,1H3,(H2,24,27)/t17-,19+,20-/m1/s1. The van der Waals surface area contributed by atoms with Gasteiger partial charge in [-0.15, -0.1) is 0 Å². The van der Waals surface area contributed by atoms with Gasteiger partial charge in [0, 0.05) is 10.0 Å². The molecule has 2 aromatic carbocycles. The van der Waals surface area contributed by atoms with Crippen molar-refractivity contribution < 1.29 is 14.3 Å². The number of amides is 2. The number of carbonyl (C=O) groups is 2. The normalized spacial score (nSPS) is 20.8. The number of morpholine rings is 1. The average molecular weight is 421 g/mol. The molecule has 0 radical (unpaired) electrons. The molecule has 1 saturated heterocycles. The molecule has 28 heavy (non-hydrogen) atoms. The molecule has 0 spiro atoms. The molecule has 0 bridgehead atoms. The van der Waals surface area contributed by atoms with Crippen molar-refractivity contribution in [1.82, 2.24) is 4.90 Å². The van der Waals surface area contributed by atoms with E-state index in [1.165, 1.54) is 0 Å². The Bertz CT molecular complexity index is 857. The molecular weight excluding hydrogens is 399 g/mol. The van der Waals surface area contributed by atoms with E-state index in [1.54, 1.807) is 23.1 Å². The smallest absolute Gasteiger partial charge is 0.249 e. The zero-order valence-electron chi connectivity index (χ0n) is 15.5. The van der Waals surface area contributed by atoms with Crippen LogP contribution in [-0.4, -0.2) is 29.4 Å². The Kier molecular flexibility index (Phi) is 6.60. The molecule has 0 aromatic heterocycles. The summed E-state index contributed by atoms with van der Waals surface area (Å²) in [6.45, 7) is 1.82. The van der Waals surface area contributed by atoms with E-state index < -0.39 is 24.1 Å². The number of halogens is 2. The molecule has 2 amide bonds. The Balaban J connectivity index is 2.12. The van der Waals surface area contributed by atoms with Gasteiger partial charge in [0.05, 0.1) is 6.04 Å². The third-order valence-electron chi connectivity index (χ3n) is 4.88. The lowest BCUT2D eigenvalue weighted by Gasteiger charge is -2.44. The number of hydrogen-bond donors (Lipinski definition) is 1. The Labute approximate surface area is 174 Å². The van der Waals surface area contributed by atoms with E-state index in [9.17, 15) is 9.59 Å². The van der Waals surface area contributed by atoms with Crippen molar-refractivity contribution in [1.29, 1.82) is 0 Å². The van der Waals surface area contributed by atoms with Crippen LogP contribution in [0.4, 0.5) is 0 Å². The number of nitrogens with two attached hydrogens (primary N) is 1. The van der Waals surface area contributed by atoms with Gasteiger partial charge in [0.15, 0.2) is 0 Å². The second-order valence-corrected chi connectivity index (χ2v) is 7.66. The number of benzene rings is 2. The van der Waals surface area contributed by atoms with E-state index in [4.69, 9.17) is 33.7 Å². The number of primary amides is 1. The molecule has 2 N–H and O–H groups in total. The predicted molar refractivity (Wildman–Crippen MR) is 109 cm³/mol. The fourth-order valence-corrected chi connectivity index (χ4v) is 3.97. The van der Waals surface area contributed by atoms with Gasteiger partial charge in [0.25, 0.3) is 0 Å². The zero-order chi connectivity index (χ0) is 20.3. The van der Waals surface area contributed by atoms with E-state index in [1.807, 2.05) is 37.3 Å². The maximum atomic E-state index is 12.9. The third kappa shape index (κ3) is 4.32. The second-order valence-electron chi connectivity index (χ2n) is 6.79. The molecule has 7 heteroatoms. The van der Waals surface area contributed by atoms with Crippen LogP contribution in [0.2, 0.25) is 10.0 Å². The highest BCUT2D eigenvalue weighted by Gasteiger charge is 2.43. The van der Waals surface area contributed by atoms with E-state index in [-0.39, 0.29) is 12.5 Å². The Morgan fingerprint density at radius 1 is 1.18 bits per heavy atom. The molecular formula is C21H22Cl2N2O3. The van der Waals surface area contributed by atoms with Gasteiger partial charge in [-0.3, -0.25) is 9.59 Å². The minimum Gasteiger partial charge on any atom is -0.368 e. The highest BCUT2D eigenvalue weighted by Crippen LogP contribution is 2.42. The molecule has 1 fully saturated rings. The molecule has 0 unspecified atom stereocenters.